The predicted octanol–water partition coefficient (Wildman–Crippen LogP) is 3.04. The highest BCUT2D eigenvalue weighted by atomic mass is 16.4. The molecule has 4 nitrogen and oxygen atoms in total. The highest BCUT2D eigenvalue weighted by molar-refractivity contribution is 5.95. The van der Waals surface area contributed by atoms with Crippen molar-refractivity contribution in [1.29, 1.82) is 0 Å². The lowest BCUT2D eigenvalue weighted by Crippen LogP contribution is -1.87. The van der Waals surface area contributed by atoms with E-state index in [1.165, 1.54) is 12.2 Å². The largest absolute Gasteiger partial charge is 0.478 e. The number of hydrogen-bond acceptors (Lipinski definition) is 2. The molecule has 20 heavy (non-hydrogen) atoms. The van der Waals surface area contributed by atoms with Crippen LogP contribution in [-0.2, 0) is 9.59 Å². The van der Waals surface area contributed by atoms with E-state index in [1.54, 1.807) is 6.07 Å². The van der Waals surface area contributed by atoms with Crippen molar-refractivity contribution in [3.8, 4) is 0 Å². The first-order chi connectivity index (χ1) is 9.56. The molecule has 0 radical (unpaired) electrons. The number of hydrogen-bond donors (Lipinski definition) is 2. The van der Waals surface area contributed by atoms with Gasteiger partial charge < -0.3 is 10.2 Å². The number of fused-ring (bicyclic) bond motifs is 1. The van der Waals surface area contributed by atoms with Crippen LogP contribution in [-0.4, -0.2) is 22.2 Å². The zero-order valence-corrected chi connectivity index (χ0v) is 10.5. The van der Waals surface area contributed by atoms with Crippen molar-refractivity contribution < 1.29 is 19.8 Å². The molecule has 0 atom stereocenters. The standard InChI is InChI=1S/C16H12O4/c17-15(18)8-5-11-4-7-14-12(6-9-16(19)20)2-1-3-13(14)10-11/h1-10H,(H,17,18)(H,19,20). The molecule has 0 aliphatic rings. The van der Waals surface area contributed by atoms with Gasteiger partial charge in [-0.15, -0.1) is 0 Å². The fourth-order valence-corrected chi connectivity index (χ4v) is 1.90. The molecule has 0 saturated heterocycles. The molecule has 2 aromatic carbocycles. The molecule has 0 heterocycles. The summed E-state index contributed by atoms with van der Waals surface area (Å²) >= 11 is 0. The minimum absolute atomic E-state index is 0.777. The van der Waals surface area contributed by atoms with Gasteiger partial charge >= 0.3 is 11.9 Å². The second-order valence-corrected chi connectivity index (χ2v) is 4.17. The Morgan fingerprint density at radius 3 is 2.30 bits per heavy atom. The van der Waals surface area contributed by atoms with Gasteiger partial charge in [-0.3, -0.25) is 0 Å². The van der Waals surface area contributed by atoms with Crippen molar-refractivity contribution in [2.45, 2.75) is 0 Å². The quantitative estimate of drug-likeness (QED) is 0.836. The predicted molar refractivity (Wildman–Crippen MR) is 77.3 cm³/mol. The zero-order chi connectivity index (χ0) is 14.5. The topological polar surface area (TPSA) is 74.6 Å². The van der Waals surface area contributed by atoms with Crippen molar-refractivity contribution >= 4 is 34.9 Å². The second kappa shape index (κ2) is 5.84. The third kappa shape index (κ3) is 3.32. The van der Waals surface area contributed by atoms with E-state index < -0.39 is 11.9 Å². The maximum atomic E-state index is 10.6. The normalized spacial score (nSPS) is 11.4. The molecular formula is C16H12O4. The summed E-state index contributed by atoms with van der Waals surface area (Å²) in [6.45, 7) is 0. The van der Waals surface area contributed by atoms with Gasteiger partial charge in [0.1, 0.15) is 0 Å². The monoisotopic (exact) mass is 268 g/mol. The molecule has 2 aromatic rings. The van der Waals surface area contributed by atoms with Gasteiger partial charge in [-0.05, 0) is 40.1 Å². The van der Waals surface area contributed by atoms with Gasteiger partial charge in [0.05, 0.1) is 0 Å². The van der Waals surface area contributed by atoms with Gasteiger partial charge in [-0.2, -0.15) is 0 Å². The smallest absolute Gasteiger partial charge is 0.328 e. The average Bonchev–Trinajstić information content (AvgIpc) is 2.42. The summed E-state index contributed by atoms with van der Waals surface area (Å²) < 4.78 is 0. The fraction of sp³-hybridized carbons (Fsp3) is 0. The van der Waals surface area contributed by atoms with Crippen LogP contribution in [0.3, 0.4) is 0 Å². The Balaban J connectivity index is 2.45. The van der Waals surface area contributed by atoms with Crippen LogP contribution in [0.25, 0.3) is 22.9 Å². The maximum absolute atomic E-state index is 10.6. The fourth-order valence-electron chi connectivity index (χ4n) is 1.90. The SMILES string of the molecule is O=C(O)C=Cc1ccc2c(C=CC(=O)O)cccc2c1. The Bertz CT molecular complexity index is 726. The molecule has 0 aromatic heterocycles. The number of rotatable bonds is 4. The lowest BCUT2D eigenvalue weighted by atomic mass is 10.0. The van der Waals surface area contributed by atoms with Crippen molar-refractivity contribution in [3.63, 3.8) is 0 Å². The van der Waals surface area contributed by atoms with Gasteiger partial charge in [0.2, 0.25) is 0 Å². The van der Waals surface area contributed by atoms with E-state index in [1.807, 2.05) is 30.3 Å². The van der Waals surface area contributed by atoms with E-state index >= 15 is 0 Å². The van der Waals surface area contributed by atoms with Gasteiger partial charge in [0, 0.05) is 12.2 Å². The highest BCUT2D eigenvalue weighted by Crippen LogP contribution is 2.22. The number of carboxylic acid groups (broad SMARTS) is 2. The van der Waals surface area contributed by atoms with Gasteiger partial charge in [0.15, 0.2) is 0 Å². The van der Waals surface area contributed by atoms with Gasteiger partial charge in [-0.1, -0.05) is 30.3 Å². The van der Waals surface area contributed by atoms with Crippen molar-refractivity contribution in [2.24, 2.45) is 0 Å². The van der Waals surface area contributed by atoms with Crippen molar-refractivity contribution in [3.05, 3.63) is 59.7 Å². The molecule has 100 valence electrons. The number of aliphatic carboxylic acids is 2. The van der Waals surface area contributed by atoms with Crippen LogP contribution in [0.4, 0.5) is 0 Å². The number of carbonyl (C=O) groups is 2. The first-order valence-electron chi connectivity index (χ1n) is 5.91. The lowest BCUT2D eigenvalue weighted by molar-refractivity contribution is -0.132. The van der Waals surface area contributed by atoms with Crippen molar-refractivity contribution in [2.75, 3.05) is 0 Å². The van der Waals surface area contributed by atoms with Gasteiger partial charge in [0.25, 0.3) is 0 Å². The summed E-state index contributed by atoms with van der Waals surface area (Å²) in [5, 5.41) is 19.1. The summed E-state index contributed by atoms with van der Waals surface area (Å²) in [6.07, 6.45) is 5.22. The van der Waals surface area contributed by atoms with Crippen LogP contribution in [0.5, 0.6) is 0 Å². The molecule has 0 saturated carbocycles. The molecule has 0 unspecified atom stereocenters. The molecule has 0 aliphatic heterocycles. The molecule has 2 rings (SSSR count). The summed E-state index contributed by atoms with van der Waals surface area (Å²) in [4.78, 5) is 21.0. The minimum Gasteiger partial charge on any atom is -0.478 e. The molecular weight excluding hydrogens is 256 g/mol. The van der Waals surface area contributed by atoms with Crippen LogP contribution >= 0.6 is 0 Å². The first kappa shape index (κ1) is 13.5. The summed E-state index contributed by atoms with van der Waals surface area (Å²) in [6, 6.07) is 11.0. The maximum Gasteiger partial charge on any atom is 0.328 e. The Kier molecular flexibility index (Phi) is 3.96. The molecule has 0 bridgehead atoms. The minimum atomic E-state index is -0.997. The molecule has 0 fully saturated rings. The van der Waals surface area contributed by atoms with Crippen LogP contribution in [0.15, 0.2) is 48.6 Å². The van der Waals surface area contributed by atoms with E-state index in [2.05, 4.69) is 0 Å². The molecule has 0 amide bonds. The average molecular weight is 268 g/mol. The Hall–Kier alpha value is -2.88. The molecule has 0 spiro atoms. The lowest BCUT2D eigenvalue weighted by Gasteiger charge is -2.03. The molecule has 0 aliphatic carbocycles. The van der Waals surface area contributed by atoms with E-state index in [4.69, 9.17) is 10.2 Å². The van der Waals surface area contributed by atoms with E-state index in [0.29, 0.717) is 0 Å². The van der Waals surface area contributed by atoms with Crippen LogP contribution in [0.1, 0.15) is 11.1 Å². The Morgan fingerprint density at radius 2 is 1.60 bits per heavy atom. The van der Waals surface area contributed by atoms with Crippen LogP contribution in [0, 0.1) is 0 Å². The first-order valence-corrected chi connectivity index (χ1v) is 5.91. The highest BCUT2D eigenvalue weighted by Gasteiger charge is 2.00. The Labute approximate surface area is 115 Å². The number of benzene rings is 2. The van der Waals surface area contributed by atoms with E-state index in [0.717, 1.165) is 34.1 Å². The van der Waals surface area contributed by atoms with Crippen LogP contribution < -0.4 is 0 Å². The van der Waals surface area contributed by atoms with E-state index in [9.17, 15) is 9.59 Å². The van der Waals surface area contributed by atoms with E-state index in [-0.39, 0.29) is 0 Å². The zero-order valence-electron chi connectivity index (χ0n) is 10.5. The van der Waals surface area contributed by atoms with Crippen LogP contribution in [0.2, 0.25) is 0 Å². The third-order valence-electron chi connectivity index (χ3n) is 2.76. The second-order valence-electron chi connectivity index (χ2n) is 4.17. The molecule has 2 N–H and O–H groups in total. The van der Waals surface area contributed by atoms with Gasteiger partial charge in [-0.25, -0.2) is 9.59 Å². The number of carboxylic acids is 2. The molecule has 4 heteroatoms. The summed E-state index contributed by atoms with van der Waals surface area (Å²) in [5.74, 6) is -1.99. The Morgan fingerprint density at radius 1 is 0.900 bits per heavy atom. The summed E-state index contributed by atoms with van der Waals surface area (Å²) in [7, 11) is 0. The third-order valence-corrected chi connectivity index (χ3v) is 2.76. The summed E-state index contributed by atoms with van der Waals surface area (Å²) in [5.41, 5.74) is 1.58. The van der Waals surface area contributed by atoms with Crippen molar-refractivity contribution in [1.82, 2.24) is 0 Å².